The zero-order chi connectivity index (χ0) is 53.6. The predicted octanol–water partition coefficient (Wildman–Crippen LogP) is 21.3. The van der Waals surface area contributed by atoms with Gasteiger partial charge in [0.25, 0.3) is 0 Å². The number of hydrogen-bond acceptors (Lipinski definition) is 6. The molecule has 0 aliphatic heterocycles. The summed E-state index contributed by atoms with van der Waals surface area (Å²) in [6.45, 7) is 6.48. The van der Waals surface area contributed by atoms with Gasteiger partial charge in [-0.25, -0.2) is 0 Å². The highest BCUT2D eigenvalue weighted by atomic mass is 16.6. The summed E-state index contributed by atoms with van der Waals surface area (Å²) in [7, 11) is 0. The van der Waals surface area contributed by atoms with Gasteiger partial charge < -0.3 is 14.2 Å². The Morgan fingerprint density at radius 3 is 0.865 bits per heavy atom. The van der Waals surface area contributed by atoms with E-state index in [2.05, 4.69) is 118 Å². The Labute approximate surface area is 457 Å². The summed E-state index contributed by atoms with van der Waals surface area (Å²) in [5.41, 5.74) is 0. The Kier molecular flexibility index (Phi) is 58.8. The van der Waals surface area contributed by atoms with Crippen LogP contribution >= 0.6 is 0 Å². The van der Waals surface area contributed by atoms with Gasteiger partial charge >= 0.3 is 17.9 Å². The normalized spacial score (nSPS) is 12.7. The van der Waals surface area contributed by atoms with Gasteiger partial charge in [-0.3, -0.25) is 14.4 Å². The monoisotopic (exact) mass is 1030 g/mol. The van der Waals surface area contributed by atoms with Crippen molar-refractivity contribution in [3.63, 3.8) is 0 Å². The second-order valence-corrected chi connectivity index (χ2v) is 20.6. The van der Waals surface area contributed by atoms with Crippen LogP contribution in [0.2, 0.25) is 0 Å². The van der Waals surface area contributed by atoms with Gasteiger partial charge in [0.2, 0.25) is 0 Å². The molecular formula is C68H116O6. The molecule has 0 radical (unpaired) electrons. The summed E-state index contributed by atoms with van der Waals surface area (Å²) in [6.07, 6.45) is 82.7. The maximum absolute atomic E-state index is 12.9. The topological polar surface area (TPSA) is 78.9 Å². The van der Waals surface area contributed by atoms with Gasteiger partial charge in [-0.1, -0.05) is 253 Å². The molecule has 0 aromatic rings. The lowest BCUT2D eigenvalue weighted by Gasteiger charge is -2.18. The van der Waals surface area contributed by atoms with E-state index in [1.54, 1.807) is 0 Å². The molecule has 0 saturated carbocycles. The van der Waals surface area contributed by atoms with Crippen molar-refractivity contribution in [3.8, 4) is 0 Å². The van der Waals surface area contributed by atoms with Crippen molar-refractivity contribution >= 4 is 17.9 Å². The summed E-state index contributed by atoms with van der Waals surface area (Å²) in [5, 5.41) is 0. The molecule has 1 atom stereocenters. The Balaban J connectivity index is 4.38. The van der Waals surface area contributed by atoms with Crippen LogP contribution in [-0.2, 0) is 28.6 Å². The molecule has 0 saturated heterocycles. The lowest BCUT2D eigenvalue weighted by molar-refractivity contribution is -0.167. The zero-order valence-electron chi connectivity index (χ0n) is 48.6. The first-order valence-corrected chi connectivity index (χ1v) is 31.2. The first-order valence-electron chi connectivity index (χ1n) is 31.2. The minimum absolute atomic E-state index is 0.0960. The molecule has 0 fully saturated rings. The van der Waals surface area contributed by atoms with Crippen LogP contribution in [0, 0.1) is 0 Å². The standard InChI is InChI=1S/C68H116O6/c1-4-7-10-13-16-19-22-25-28-30-31-32-33-34-35-36-37-38-41-43-46-49-52-55-58-61-67(70)73-64-65(63-72-66(69)60-57-54-51-48-45-42-39-27-24-21-18-15-12-9-6-3)74-68(71)62-59-56-53-50-47-44-40-29-26-23-20-17-14-11-8-5-2/h9,12,18,21-22,25,27,29-31,33-34,39-40,45,48,65H,4-8,10-11,13-17,19-20,23-24,26,28,32,35-38,41-44,46-47,49-64H2,1-3H3/b12-9-,21-18-,25-22-,31-30-,34-33-,39-27-,40-29-,48-45-. The van der Waals surface area contributed by atoms with E-state index in [0.29, 0.717) is 19.3 Å². The van der Waals surface area contributed by atoms with E-state index in [0.717, 1.165) is 109 Å². The van der Waals surface area contributed by atoms with Gasteiger partial charge in [0.1, 0.15) is 13.2 Å². The third-order valence-electron chi connectivity index (χ3n) is 13.3. The molecule has 0 aliphatic carbocycles. The number of ether oxygens (including phenoxy) is 3. The van der Waals surface area contributed by atoms with E-state index in [1.807, 2.05) is 0 Å². The summed E-state index contributed by atoms with van der Waals surface area (Å²) in [4.78, 5) is 38.2. The fraction of sp³-hybridized carbons (Fsp3) is 0.721. The van der Waals surface area contributed by atoms with Gasteiger partial charge in [0.05, 0.1) is 0 Å². The second-order valence-electron chi connectivity index (χ2n) is 20.6. The molecule has 0 aromatic carbocycles. The van der Waals surface area contributed by atoms with Crippen LogP contribution in [0.4, 0.5) is 0 Å². The van der Waals surface area contributed by atoms with Crippen molar-refractivity contribution in [3.05, 3.63) is 97.2 Å². The van der Waals surface area contributed by atoms with E-state index >= 15 is 0 Å². The van der Waals surface area contributed by atoms with Crippen LogP contribution in [-0.4, -0.2) is 37.2 Å². The number of esters is 3. The van der Waals surface area contributed by atoms with E-state index in [4.69, 9.17) is 14.2 Å². The van der Waals surface area contributed by atoms with Gasteiger partial charge in [0, 0.05) is 19.3 Å². The highest BCUT2D eigenvalue weighted by Crippen LogP contribution is 2.15. The fourth-order valence-corrected chi connectivity index (χ4v) is 8.61. The van der Waals surface area contributed by atoms with E-state index < -0.39 is 6.10 Å². The third kappa shape index (κ3) is 59.2. The third-order valence-corrected chi connectivity index (χ3v) is 13.3. The molecule has 0 bridgehead atoms. The molecule has 0 heterocycles. The molecule has 6 heteroatoms. The van der Waals surface area contributed by atoms with Crippen LogP contribution in [0.5, 0.6) is 0 Å². The van der Waals surface area contributed by atoms with Crippen molar-refractivity contribution in [2.75, 3.05) is 13.2 Å². The minimum Gasteiger partial charge on any atom is -0.462 e. The van der Waals surface area contributed by atoms with E-state index in [-0.39, 0.29) is 31.1 Å². The average Bonchev–Trinajstić information content (AvgIpc) is 3.40. The van der Waals surface area contributed by atoms with Gasteiger partial charge in [-0.05, 0) is 122 Å². The molecule has 0 aromatic heterocycles. The number of unbranched alkanes of at least 4 members (excludes halogenated alkanes) is 29. The van der Waals surface area contributed by atoms with Crippen LogP contribution in [0.1, 0.15) is 297 Å². The summed E-state index contributed by atoms with van der Waals surface area (Å²) < 4.78 is 16.9. The van der Waals surface area contributed by atoms with Crippen LogP contribution in [0.25, 0.3) is 0 Å². The number of carbonyl (C=O) groups excluding carboxylic acids is 3. The first kappa shape index (κ1) is 70.3. The number of rotatable bonds is 56. The van der Waals surface area contributed by atoms with Crippen molar-refractivity contribution in [1.82, 2.24) is 0 Å². The Morgan fingerprint density at radius 2 is 0.527 bits per heavy atom. The van der Waals surface area contributed by atoms with Crippen LogP contribution < -0.4 is 0 Å². The summed E-state index contributed by atoms with van der Waals surface area (Å²) >= 11 is 0. The number of hydrogen-bond donors (Lipinski definition) is 0. The predicted molar refractivity (Wildman–Crippen MR) is 320 cm³/mol. The smallest absolute Gasteiger partial charge is 0.306 e. The molecule has 0 N–H and O–H groups in total. The largest absolute Gasteiger partial charge is 0.462 e. The number of allylic oxidation sites excluding steroid dienone is 16. The second kappa shape index (κ2) is 61.9. The maximum atomic E-state index is 12.9. The summed E-state index contributed by atoms with van der Waals surface area (Å²) in [5.74, 6) is -0.944. The molecule has 1 unspecified atom stereocenters. The minimum atomic E-state index is -0.802. The number of carbonyl (C=O) groups is 3. The lowest BCUT2D eigenvalue weighted by Crippen LogP contribution is -2.30. The molecule has 424 valence electrons. The quantitative estimate of drug-likeness (QED) is 0.0261. The Morgan fingerprint density at radius 1 is 0.284 bits per heavy atom. The van der Waals surface area contributed by atoms with Crippen molar-refractivity contribution < 1.29 is 28.6 Å². The van der Waals surface area contributed by atoms with Crippen molar-refractivity contribution in [2.45, 2.75) is 303 Å². The average molecular weight is 1030 g/mol. The van der Waals surface area contributed by atoms with Gasteiger partial charge in [-0.15, -0.1) is 0 Å². The van der Waals surface area contributed by atoms with Gasteiger partial charge in [0.15, 0.2) is 6.10 Å². The van der Waals surface area contributed by atoms with Crippen LogP contribution in [0.3, 0.4) is 0 Å². The maximum Gasteiger partial charge on any atom is 0.306 e. The molecule has 0 spiro atoms. The molecular weight excluding hydrogens is 913 g/mol. The fourth-order valence-electron chi connectivity index (χ4n) is 8.61. The van der Waals surface area contributed by atoms with Gasteiger partial charge in [-0.2, -0.15) is 0 Å². The molecule has 0 rings (SSSR count). The molecule has 74 heavy (non-hydrogen) atoms. The first-order chi connectivity index (χ1) is 36.5. The van der Waals surface area contributed by atoms with E-state index in [9.17, 15) is 14.4 Å². The van der Waals surface area contributed by atoms with Crippen LogP contribution in [0.15, 0.2) is 97.2 Å². The molecule has 0 aliphatic rings. The van der Waals surface area contributed by atoms with Crippen molar-refractivity contribution in [2.24, 2.45) is 0 Å². The van der Waals surface area contributed by atoms with Crippen molar-refractivity contribution in [1.29, 1.82) is 0 Å². The highest BCUT2D eigenvalue weighted by Gasteiger charge is 2.19. The lowest BCUT2D eigenvalue weighted by atomic mass is 10.1. The molecule has 6 nitrogen and oxygen atoms in total. The zero-order valence-corrected chi connectivity index (χ0v) is 48.6. The Bertz CT molecular complexity index is 1460. The Hall–Kier alpha value is -3.67. The SMILES string of the molecule is CC/C=C\C/C=C\C/C=C\C/C=C\CCCCC(=O)OCC(COC(=O)CCCCCCCCCCCC/C=C\C/C=C\C/C=C\CCCCCCC)OC(=O)CCCCCCC/C=C\CCCCCCCCC. The molecule has 0 amide bonds. The van der Waals surface area contributed by atoms with E-state index in [1.165, 1.54) is 148 Å². The highest BCUT2D eigenvalue weighted by molar-refractivity contribution is 5.71. The summed E-state index contributed by atoms with van der Waals surface area (Å²) in [6, 6.07) is 0.